The van der Waals surface area contributed by atoms with Crippen LogP contribution < -0.4 is 11.1 Å². The molecule has 1 saturated carbocycles. The minimum Gasteiger partial charge on any atom is -0.345 e. The molecular weight excluding hydrogens is 266 g/mol. The van der Waals surface area contributed by atoms with Crippen LogP contribution in [0.2, 0.25) is 0 Å². The number of nitrogens with one attached hydrogen (secondary N) is 1. The van der Waals surface area contributed by atoms with Crippen molar-refractivity contribution in [2.45, 2.75) is 25.3 Å². The van der Waals surface area contributed by atoms with Gasteiger partial charge in [-0.2, -0.15) is 5.10 Å². The third-order valence-corrected chi connectivity index (χ3v) is 4.09. The summed E-state index contributed by atoms with van der Waals surface area (Å²) in [5.74, 6) is 0.391. The number of hydrogen-bond acceptors (Lipinski definition) is 4. The molecule has 1 aliphatic carbocycles. The molecule has 6 heteroatoms. The molecule has 1 unspecified atom stereocenters. The molecule has 110 valence electrons. The minimum atomic E-state index is -0.319. The van der Waals surface area contributed by atoms with Crippen LogP contribution in [-0.2, 0) is 0 Å². The summed E-state index contributed by atoms with van der Waals surface area (Å²) in [7, 11) is 0. The molecule has 1 aromatic carbocycles. The number of hydrogen-bond donors (Lipinski definition) is 2. The van der Waals surface area contributed by atoms with Crippen molar-refractivity contribution in [2.24, 2.45) is 11.7 Å². The zero-order chi connectivity index (χ0) is 14.9. The number of nitrogens with two attached hydrogens (primary N) is 1. The highest BCUT2D eigenvalue weighted by Crippen LogP contribution is 2.39. The summed E-state index contributed by atoms with van der Waals surface area (Å²) in [4.78, 5) is 16.4. The van der Waals surface area contributed by atoms with E-state index in [2.05, 4.69) is 15.4 Å². The van der Waals surface area contributed by atoms with E-state index < -0.39 is 0 Å². The molecule has 1 aromatic heterocycles. The molecule has 1 heterocycles. The smallest absolute Gasteiger partial charge is 0.251 e. The van der Waals surface area contributed by atoms with Gasteiger partial charge >= 0.3 is 0 Å². The first-order chi connectivity index (χ1) is 10.1. The monoisotopic (exact) mass is 285 g/mol. The largest absolute Gasteiger partial charge is 0.345 e. The molecule has 0 spiro atoms. The number of carbonyl (C=O) groups is 1. The molecule has 1 atom stereocenters. The van der Waals surface area contributed by atoms with Gasteiger partial charge in [0.15, 0.2) is 0 Å². The second-order valence-corrected chi connectivity index (χ2v) is 5.74. The number of nitrogens with zero attached hydrogens (tertiary/aromatic N) is 3. The standard InChI is InChI=1S/C15H19N5O/c1-15(8-16,12-5-6-12)19-14(21)11-3-2-4-13(7-11)20-10-17-9-18-20/h2-4,7,9-10,12H,5-6,8,16H2,1H3,(H,19,21). The lowest BCUT2D eigenvalue weighted by atomic mass is 9.95. The van der Waals surface area contributed by atoms with Crippen LogP contribution in [0.25, 0.3) is 5.69 Å². The van der Waals surface area contributed by atoms with Crippen LogP contribution >= 0.6 is 0 Å². The first-order valence-corrected chi connectivity index (χ1v) is 7.10. The average Bonchev–Trinajstić information content (AvgIpc) is 3.23. The maximum absolute atomic E-state index is 12.5. The predicted molar refractivity (Wildman–Crippen MR) is 79.0 cm³/mol. The molecular formula is C15H19N5O. The van der Waals surface area contributed by atoms with E-state index >= 15 is 0 Å². The van der Waals surface area contributed by atoms with E-state index in [1.54, 1.807) is 23.1 Å². The molecule has 2 aromatic rings. The van der Waals surface area contributed by atoms with Crippen molar-refractivity contribution in [1.82, 2.24) is 20.1 Å². The second kappa shape index (κ2) is 5.29. The van der Waals surface area contributed by atoms with E-state index in [9.17, 15) is 4.79 Å². The fraction of sp³-hybridized carbons (Fsp3) is 0.400. The lowest BCUT2D eigenvalue weighted by Crippen LogP contribution is -2.53. The summed E-state index contributed by atoms with van der Waals surface area (Å²) in [5.41, 5.74) is 6.93. The fourth-order valence-electron chi connectivity index (χ4n) is 2.50. The summed E-state index contributed by atoms with van der Waals surface area (Å²) in [5, 5.41) is 7.15. The van der Waals surface area contributed by atoms with Crippen LogP contribution in [0, 0.1) is 5.92 Å². The van der Waals surface area contributed by atoms with Crippen molar-refractivity contribution >= 4 is 5.91 Å². The number of carbonyl (C=O) groups excluding carboxylic acids is 1. The molecule has 3 rings (SSSR count). The Hall–Kier alpha value is -2.21. The van der Waals surface area contributed by atoms with Gasteiger partial charge in [0.25, 0.3) is 5.91 Å². The molecule has 1 aliphatic rings. The van der Waals surface area contributed by atoms with Crippen LogP contribution in [0.1, 0.15) is 30.1 Å². The lowest BCUT2D eigenvalue weighted by molar-refractivity contribution is 0.0898. The molecule has 3 N–H and O–H groups in total. The van der Waals surface area contributed by atoms with Gasteiger partial charge in [0.2, 0.25) is 0 Å². The fourth-order valence-corrected chi connectivity index (χ4v) is 2.50. The number of rotatable bonds is 5. The van der Waals surface area contributed by atoms with Gasteiger partial charge in [-0.15, -0.1) is 0 Å². The Balaban J connectivity index is 1.80. The van der Waals surface area contributed by atoms with Crippen molar-refractivity contribution in [3.05, 3.63) is 42.5 Å². The van der Waals surface area contributed by atoms with Crippen molar-refractivity contribution < 1.29 is 4.79 Å². The van der Waals surface area contributed by atoms with Gasteiger partial charge in [-0.25, -0.2) is 9.67 Å². The average molecular weight is 285 g/mol. The summed E-state index contributed by atoms with van der Waals surface area (Å²) in [6.07, 6.45) is 5.33. The Morgan fingerprint density at radius 2 is 2.33 bits per heavy atom. The van der Waals surface area contributed by atoms with Gasteiger partial charge in [0.1, 0.15) is 12.7 Å². The van der Waals surface area contributed by atoms with Gasteiger partial charge in [-0.05, 0) is 43.9 Å². The molecule has 1 fully saturated rings. The number of benzene rings is 1. The zero-order valence-corrected chi connectivity index (χ0v) is 12.0. The van der Waals surface area contributed by atoms with Crippen molar-refractivity contribution in [3.8, 4) is 5.69 Å². The third kappa shape index (κ3) is 2.80. The van der Waals surface area contributed by atoms with E-state index in [1.165, 1.54) is 6.33 Å². The zero-order valence-electron chi connectivity index (χ0n) is 12.0. The molecule has 0 bridgehead atoms. The van der Waals surface area contributed by atoms with Crippen molar-refractivity contribution in [1.29, 1.82) is 0 Å². The molecule has 0 aliphatic heterocycles. The number of aromatic nitrogens is 3. The quantitative estimate of drug-likeness (QED) is 0.862. The van der Waals surface area contributed by atoms with Gasteiger partial charge in [0, 0.05) is 12.1 Å². The highest BCUT2D eigenvalue weighted by molar-refractivity contribution is 5.95. The first kappa shape index (κ1) is 13.8. The highest BCUT2D eigenvalue weighted by atomic mass is 16.1. The summed E-state index contributed by atoms with van der Waals surface area (Å²) < 4.78 is 1.62. The van der Waals surface area contributed by atoms with E-state index in [0.717, 1.165) is 18.5 Å². The normalized spacial score (nSPS) is 17.2. The van der Waals surface area contributed by atoms with Gasteiger partial charge in [0.05, 0.1) is 11.2 Å². The van der Waals surface area contributed by atoms with Crippen molar-refractivity contribution in [2.75, 3.05) is 6.54 Å². The summed E-state index contributed by atoms with van der Waals surface area (Å²) in [6, 6.07) is 7.31. The van der Waals surface area contributed by atoms with E-state index in [-0.39, 0.29) is 11.4 Å². The molecule has 0 radical (unpaired) electrons. The molecule has 21 heavy (non-hydrogen) atoms. The Labute approximate surface area is 123 Å². The summed E-state index contributed by atoms with van der Waals surface area (Å²) >= 11 is 0. The summed E-state index contributed by atoms with van der Waals surface area (Å²) in [6.45, 7) is 2.47. The van der Waals surface area contributed by atoms with Gasteiger partial charge < -0.3 is 11.1 Å². The topological polar surface area (TPSA) is 85.8 Å². The molecule has 0 saturated heterocycles. The van der Waals surface area contributed by atoms with Crippen LogP contribution in [0.5, 0.6) is 0 Å². The Morgan fingerprint density at radius 1 is 1.52 bits per heavy atom. The van der Waals surface area contributed by atoms with Gasteiger partial charge in [-0.3, -0.25) is 4.79 Å². The Morgan fingerprint density at radius 3 is 2.95 bits per heavy atom. The maximum atomic E-state index is 12.5. The minimum absolute atomic E-state index is 0.100. The Kier molecular flexibility index (Phi) is 3.47. The highest BCUT2D eigenvalue weighted by Gasteiger charge is 2.41. The van der Waals surface area contributed by atoms with E-state index in [4.69, 9.17) is 5.73 Å². The first-order valence-electron chi connectivity index (χ1n) is 7.10. The third-order valence-electron chi connectivity index (χ3n) is 4.09. The molecule has 1 amide bonds. The second-order valence-electron chi connectivity index (χ2n) is 5.74. The van der Waals surface area contributed by atoms with Crippen LogP contribution in [0.4, 0.5) is 0 Å². The van der Waals surface area contributed by atoms with E-state index in [0.29, 0.717) is 18.0 Å². The van der Waals surface area contributed by atoms with Crippen molar-refractivity contribution in [3.63, 3.8) is 0 Å². The molecule has 6 nitrogen and oxygen atoms in total. The van der Waals surface area contributed by atoms with Gasteiger partial charge in [-0.1, -0.05) is 6.07 Å². The Bertz CT molecular complexity index is 635. The SMILES string of the molecule is CC(CN)(NC(=O)c1cccc(-n2cncn2)c1)C1CC1. The van der Waals surface area contributed by atoms with Crippen LogP contribution in [0.15, 0.2) is 36.9 Å². The maximum Gasteiger partial charge on any atom is 0.251 e. The number of amides is 1. The van der Waals surface area contributed by atoms with E-state index in [1.807, 2.05) is 19.1 Å². The van der Waals surface area contributed by atoms with Crippen LogP contribution in [-0.4, -0.2) is 32.8 Å². The van der Waals surface area contributed by atoms with Crippen LogP contribution in [0.3, 0.4) is 0 Å². The lowest BCUT2D eigenvalue weighted by Gasteiger charge is -2.29. The predicted octanol–water partition coefficient (Wildman–Crippen LogP) is 1.12.